The zero-order valence-electron chi connectivity index (χ0n) is 12.3. The number of rotatable bonds is 4. The van der Waals surface area contributed by atoms with E-state index in [9.17, 15) is 9.59 Å². The number of carbonyl (C=O) groups excluding carboxylic acids is 2. The number of nitrogens with zero attached hydrogens (tertiary/aromatic N) is 1. The van der Waals surface area contributed by atoms with Crippen molar-refractivity contribution in [2.45, 2.75) is 26.2 Å². The standard InChI is InChI=1S/C16H17N3O3/c1-2-22-16(21)11-6-3-4-8-12(11)17-15(20)14-10-7-5-9-13(10)18-19-14/h3-4,6,8H,2,5,7,9H2,1H3,(H,17,20)(H,18,19). The Balaban J connectivity index is 1.84. The van der Waals surface area contributed by atoms with E-state index >= 15 is 0 Å². The van der Waals surface area contributed by atoms with Crippen LogP contribution in [0.1, 0.15) is 45.4 Å². The van der Waals surface area contributed by atoms with Crippen molar-refractivity contribution in [3.63, 3.8) is 0 Å². The van der Waals surface area contributed by atoms with Gasteiger partial charge in [0.2, 0.25) is 0 Å². The predicted molar refractivity (Wildman–Crippen MR) is 81.0 cm³/mol. The number of hydrogen-bond donors (Lipinski definition) is 2. The van der Waals surface area contributed by atoms with Crippen LogP contribution < -0.4 is 5.32 Å². The first kappa shape index (κ1) is 14.3. The number of ether oxygens (including phenoxy) is 1. The molecule has 2 aromatic rings. The van der Waals surface area contributed by atoms with Crippen LogP contribution in [0.5, 0.6) is 0 Å². The molecule has 114 valence electrons. The Bertz CT molecular complexity index is 721. The van der Waals surface area contributed by atoms with E-state index in [2.05, 4.69) is 15.5 Å². The summed E-state index contributed by atoms with van der Waals surface area (Å²) in [5.74, 6) is -0.762. The SMILES string of the molecule is CCOC(=O)c1ccccc1NC(=O)c1n[nH]c2c1CCC2. The maximum absolute atomic E-state index is 12.4. The Morgan fingerprint density at radius 2 is 2.14 bits per heavy atom. The second kappa shape index (κ2) is 6.01. The monoisotopic (exact) mass is 299 g/mol. The van der Waals surface area contributed by atoms with Gasteiger partial charge in [0.05, 0.1) is 17.9 Å². The number of aromatic amines is 1. The molecule has 1 aromatic carbocycles. The van der Waals surface area contributed by atoms with Crippen molar-refractivity contribution in [1.29, 1.82) is 0 Å². The molecule has 1 heterocycles. The fraction of sp³-hybridized carbons (Fsp3) is 0.312. The Hall–Kier alpha value is -2.63. The number of carbonyl (C=O) groups is 2. The van der Waals surface area contributed by atoms with Crippen LogP contribution in [0.2, 0.25) is 0 Å². The van der Waals surface area contributed by atoms with E-state index in [4.69, 9.17) is 4.74 Å². The molecule has 2 N–H and O–H groups in total. The zero-order chi connectivity index (χ0) is 15.5. The molecular formula is C16H17N3O3. The van der Waals surface area contributed by atoms with Crippen molar-refractivity contribution in [2.75, 3.05) is 11.9 Å². The predicted octanol–water partition coefficient (Wildman–Crippen LogP) is 2.33. The van der Waals surface area contributed by atoms with Crippen molar-refractivity contribution >= 4 is 17.6 Å². The summed E-state index contributed by atoms with van der Waals surface area (Å²) in [5.41, 5.74) is 3.19. The third-order valence-corrected chi connectivity index (χ3v) is 3.69. The molecule has 0 unspecified atom stereocenters. The van der Waals surface area contributed by atoms with Crippen molar-refractivity contribution in [2.24, 2.45) is 0 Å². The molecule has 0 aliphatic heterocycles. The minimum Gasteiger partial charge on any atom is -0.462 e. The van der Waals surface area contributed by atoms with E-state index in [0.29, 0.717) is 16.9 Å². The first-order valence-corrected chi connectivity index (χ1v) is 7.34. The first-order chi connectivity index (χ1) is 10.7. The van der Waals surface area contributed by atoms with Crippen LogP contribution in [0.15, 0.2) is 24.3 Å². The van der Waals surface area contributed by atoms with E-state index in [1.807, 2.05) is 0 Å². The Morgan fingerprint density at radius 1 is 1.32 bits per heavy atom. The highest BCUT2D eigenvalue weighted by molar-refractivity contribution is 6.07. The summed E-state index contributed by atoms with van der Waals surface area (Å²) in [6.07, 6.45) is 2.81. The number of benzene rings is 1. The van der Waals surface area contributed by atoms with Gasteiger partial charge in [0, 0.05) is 11.3 Å². The lowest BCUT2D eigenvalue weighted by molar-refractivity contribution is 0.0527. The van der Waals surface area contributed by atoms with Gasteiger partial charge < -0.3 is 10.1 Å². The van der Waals surface area contributed by atoms with Gasteiger partial charge in [0.15, 0.2) is 5.69 Å². The summed E-state index contributed by atoms with van der Waals surface area (Å²) in [6, 6.07) is 6.79. The van der Waals surface area contributed by atoms with Crippen LogP contribution in [0.25, 0.3) is 0 Å². The third-order valence-electron chi connectivity index (χ3n) is 3.69. The van der Waals surface area contributed by atoms with Gasteiger partial charge in [-0.2, -0.15) is 5.10 Å². The van der Waals surface area contributed by atoms with Gasteiger partial charge in [0.1, 0.15) is 0 Å². The molecule has 0 saturated heterocycles. The van der Waals surface area contributed by atoms with Crippen molar-refractivity contribution in [3.8, 4) is 0 Å². The van der Waals surface area contributed by atoms with E-state index < -0.39 is 5.97 Å². The lowest BCUT2D eigenvalue weighted by atomic mass is 10.1. The average molecular weight is 299 g/mol. The van der Waals surface area contributed by atoms with Crippen molar-refractivity contribution < 1.29 is 14.3 Å². The topological polar surface area (TPSA) is 84.1 Å². The summed E-state index contributed by atoms with van der Waals surface area (Å²) in [5, 5.41) is 9.76. The summed E-state index contributed by atoms with van der Waals surface area (Å²) < 4.78 is 5.00. The molecule has 0 radical (unpaired) electrons. The number of aryl methyl sites for hydroxylation is 1. The number of hydrogen-bond acceptors (Lipinski definition) is 4. The molecule has 3 rings (SSSR count). The molecule has 0 saturated carbocycles. The Kier molecular flexibility index (Phi) is 3.91. The molecule has 1 amide bonds. The second-order valence-corrected chi connectivity index (χ2v) is 5.10. The van der Waals surface area contributed by atoms with E-state index in [0.717, 1.165) is 30.5 Å². The number of fused-ring (bicyclic) bond motifs is 1. The van der Waals surface area contributed by atoms with Crippen LogP contribution in [0.4, 0.5) is 5.69 Å². The van der Waals surface area contributed by atoms with Crippen LogP contribution >= 0.6 is 0 Å². The Labute approximate surface area is 127 Å². The van der Waals surface area contributed by atoms with Crippen molar-refractivity contribution in [3.05, 3.63) is 46.8 Å². The normalized spacial score (nSPS) is 12.8. The summed E-state index contributed by atoms with van der Waals surface area (Å²) in [4.78, 5) is 24.3. The van der Waals surface area contributed by atoms with Crippen LogP contribution in [-0.2, 0) is 17.6 Å². The lowest BCUT2D eigenvalue weighted by Crippen LogP contribution is -2.17. The number of esters is 1. The minimum absolute atomic E-state index is 0.286. The van der Waals surface area contributed by atoms with E-state index in [-0.39, 0.29) is 12.5 Å². The number of amides is 1. The fourth-order valence-corrected chi connectivity index (χ4v) is 2.67. The number of nitrogens with one attached hydrogen (secondary N) is 2. The van der Waals surface area contributed by atoms with Gasteiger partial charge in [-0.05, 0) is 38.3 Å². The van der Waals surface area contributed by atoms with Crippen LogP contribution in [0.3, 0.4) is 0 Å². The highest BCUT2D eigenvalue weighted by Gasteiger charge is 2.24. The molecule has 0 spiro atoms. The molecule has 1 aromatic heterocycles. The summed E-state index contributed by atoms with van der Waals surface area (Å²) in [7, 11) is 0. The number of para-hydroxylation sites is 1. The van der Waals surface area contributed by atoms with Gasteiger partial charge in [0.25, 0.3) is 5.91 Å². The second-order valence-electron chi connectivity index (χ2n) is 5.10. The molecular weight excluding hydrogens is 282 g/mol. The lowest BCUT2D eigenvalue weighted by Gasteiger charge is -2.09. The molecule has 0 bridgehead atoms. The summed E-state index contributed by atoms with van der Waals surface area (Å²) >= 11 is 0. The van der Waals surface area contributed by atoms with Gasteiger partial charge in [-0.1, -0.05) is 12.1 Å². The molecule has 6 nitrogen and oxygen atoms in total. The van der Waals surface area contributed by atoms with Crippen LogP contribution in [0, 0.1) is 0 Å². The smallest absolute Gasteiger partial charge is 0.340 e. The number of anilines is 1. The Morgan fingerprint density at radius 3 is 2.95 bits per heavy atom. The number of H-pyrrole nitrogens is 1. The van der Waals surface area contributed by atoms with Crippen molar-refractivity contribution in [1.82, 2.24) is 10.2 Å². The molecule has 0 fully saturated rings. The van der Waals surface area contributed by atoms with E-state index in [1.165, 1.54) is 0 Å². The quantitative estimate of drug-likeness (QED) is 0.849. The molecule has 6 heteroatoms. The molecule has 22 heavy (non-hydrogen) atoms. The maximum atomic E-state index is 12.4. The van der Waals surface area contributed by atoms with E-state index in [1.54, 1.807) is 31.2 Å². The third kappa shape index (κ3) is 2.59. The first-order valence-electron chi connectivity index (χ1n) is 7.34. The zero-order valence-corrected chi connectivity index (χ0v) is 12.3. The van der Waals surface area contributed by atoms with Gasteiger partial charge in [-0.3, -0.25) is 9.89 Å². The van der Waals surface area contributed by atoms with Gasteiger partial charge in [-0.15, -0.1) is 0 Å². The van der Waals surface area contributed by atoms with Gasteiger partial charge >= 0.3 is 5.97 Å². The highest BCUT2D eigenvalue weighted by Crippen LogP contribution is 2.24. The maximum Gasteiger partial charge on any atom is 0.340 e. The molecule has 0 atom stereocenters. The van der Waals surface area contributed by atoms with Crippen LogP contribution in [-0.4, -0.2) is 28.7 Å². The minimum atomic E-state index is -0.453. The largest absolute Gasteiger partial charge is 0.462 e. The highest BCUT2D eigenvalue weighted by atomic mass is 16.5. The molecule has 1 aliphatic rings. The molecule has 1 aliphatic carbocycles. The summed E-state index contributed by atoms with van der Waals surface area (Å²) in [6.45, 7) is 2.03. The number of aromatic nitrogens is 2. The average Bonchev–Trinajstić information content (AvgIpc) is 3.10. The fourth-order valence-electron chi connectivity index (χ4n) is 2.67. The van der Waals surface area contributed by atoms with Gasteiger partial charge in [-0.25, -0.2) is 4.79 Å².